The molecule has 0 saturated heterocycles. The highest BCUT2D eigenvalue weighted by Gasteiger charge is 2.30. The molecule has 3 rings (SSSR count). The van der Waals surface area contributed by atoms with Crippen LogP contribution in [-0.2, 0) is 16.2 Å². The number of anilines is 3. The standard InChI is InChI=1S/C14H10F3N5O.C6H15NO2S/c15-14(16,17)7-1-3-8(4-2-7)20-11-10-9(21-13(18)22-11)5-6-19-12(10)23;1-4-6-7(5-2)10(3,8)9/h1-6H,(H,19,23)(H3,18,20,21,22);4-6H2,1-3H3. The van der Waals surface area contributed by atoms with Crippen LogP contribution in [0.2, 0.25) is 0 Å². The number of aromatic amines is 1. The first-order valence-corrected chi connectivity index (χ1v) is 11.8. The van der Waals surface area contributed by atoms with Gasteiger partial charge in [-0.05, 0) is 36.8 Å². The smallest absolute Gasteiger partial charge is 0.368 e. The molecule has 1 aromatic carbocycles. The summed E-state index contributed by atoms with van der Waals surface area (Å²) in [5.74, 6) is 0.0617. The van der Waals surface area contributed by atoms with Crippen LogP contribution in [0, 0.1) is 0 Å². The number of nitrogens with zero attached hydrogens (tertiary/aromatic N) is 3. The van der Waals surface area contributed by atoms with Crippen molar-refractivity contribution in [1.29, 1.82) is 0 Å². The molecule has 0 fully saturated rings. The van der Waals surface area contributed by atoms with Crippen LogP contribution in [-0.4, -0.2) is 47.0 Å². The number of hydrogen-bond acceptors (Lipinski definition) is 7. The van der Waals surface area contributed by atoms with E-state index in [0.29, 0.717) is 24.3 Å². The van der Waals surface area contributed by atoms with E-state index in [1.807, 2.05) is 13.8 Å². The van der Waals surface area contributed by atoms with Gasteiger partial charge >= 0.3 is 6.18 Å². The van der Waals surface area contributed by atoms with Gasteiger partial charge in [-0.25, -0.2) is 17.7 Å². The molecule has 2 aromatic heterocycles. The highest BCUT2D eigenvalue weighted by atomic mass is 32.2. The molecule has 13 heteroatoms. The second kappa shape index (κ2) is 10.6. The van der Waals surface area contributed by atoms with Gasteiger partial charge in [0.05, 0.1) is 17.3 Å². The van der Waals surface area contributed by atoms with Crippen molar-refractivity contribution >= 4 is 38.4 Å². The Balaban J connectivity index is 0.000000328. The Labute approximate surface area is 188 Å². The van der Waals surface area contributed by atoms with Gasteiger partial charge in [-0.1, -0.05) is 13.8 Å². The van der Waals surface area contributed by atoms with Crippen LogP contribution in [0.15, 0.2) is 41.3 Å². The SMILES string of the molecule is CCCN(CC)S(C)(=O)=O.Nc1nc(Nc2ccc(C(F)(F)F)cc2)c2c(=O)[nH]ccc2n1. The molecule has 0 amide bonds. The minimum absolute atomic E-state index is 0.0579. The molecule has 9 nitrogen and oxygen atoms in total. The summed E-state index contributed by atoms with van der Waals surface area (Å²) in [4.78, 5) is 22.3. The van der Waals surface area contributed by atoms with Crippen LogP contribution in [0.1, 0.15) is 25.8 Å². The van der Waals surface area contributed by atoms with Gasteiger partial charge in [-0.15, -0.1) is 0 Å². The molecule has 0 aliphatic rings. The number of H-pyrrole nitrogens is 1. The lowest BCUT2D eigenvalue weighted by Gasteiger charge is -2.15. The first-order chi connectivity index (χ1) is 15.4. The van der Waals surface area contributed by atoms with Gasteiger partial charge in [0.25, 0.3) is 5.56 Å². The first-order valence-electron chi connectivity index (χ1n) is 9.91. The maximum Gasteiger partial charge on any atom is 0.416 e. The van der Waals surface area contributed by atoms with E-state index in [4.69, 9.17) is 5.73 Å². The van der Waals surface area contributed by atoms with Gasteiger partial charge < -0.3 is 16.0 Å². The van der Waals surface area contributed by atoms with Gasteiger partial charge in [-0.3, -0.25) is 4.79 Å². The number of rotatable bonds is 6. The lowest BCUT2D eigenvalue weighted by Crippen LogP contribution is -2.30. The van der Waals surface area contributed by atoms with E-state index < -0.39 is 27.3 Å². The Bertz CT molecular complexity index is 1240. The van der Waals surface area contributed by atoms with E-state index in [-0.39, 0.29) is 17.2 Å². The number of halogens is 3. The van der Waals surface area contributed by atoms with E-state index in [9.17, 15) is 26.4 Å². The molecule has 33 heavy (non-hydrogen) atoms. The molecule has 180 valence electrons. The highest BCUT2D eigenvalue weighted by molar-refractivity contribution is 7.88. The van der Waals surface area contributed by atoms with Gasteiger partial charge in [-0.2, -0.15) is 18.2 Å². The predicted molar refractivity (Wildman–Crippen MR) is 122 cm³/mol. The number of nitrogens with one attached hydrogen (secondary N) is 2. The Morgan fingerprint density at radius 2 is 1.76 bits per heavy atom. The molecule has 0 atom stereocenters. The summed E-state index contributed by atoms with van der Waals surface area (Å²) in [7, 11) is -2.94. The number of aromatic nitrogens is 3. The molecule has 0 spiro atoms. The van der Waals surface area contributed by atoms with Crippen LogP contribution in [0.5, 0.6) is 0 Å². The zero-order valence-corrected chi connectivity index (χ0v) is 19.1. The molecule has 2 heterocycles. The largest absolute Gasteiger partial charge is 0.416 e. The number of fused-ring (bicyclic) bond motifs is 1. The minimum Gasteiger partial charge on any atom is -0.368 e. The third kappa shape index (κ3) is 7.15. The minimum atomic E-state index is -4.41. The Morgan fingerprint density at radius 1 is 1.12 bits per heavy atom. The molecular formula is C20H25F3N6O3S. The molecule has 0 radical (unpaired) electrons. The summed E-state index contributed by atoms with van der Waals surface area (Å²) >= 11 is 0. The zero-order valence-electron chi connectivity index (χ0n) is 18.3. The van der Waals surface area contributed by atoms with Crippen molar-refractivity contribution in [2.45, 2.75) is 26.4 Å². The first kappa shape index (κ1) is 26.1. The topological polar surface area (TPSA) is 134 Å². The number of nitrogen functional groups attached to an aromatic ring is 1. The monoisotopic (exact) mass is 486 g/mol. The molecule has 0 aliphatic carbocycles. The quantitative estimate of drug-likeness (QED) is 0.486. The lowest BCUT2D eigenvalue weighted by molar-refractivity contribution is -0.137. The predicted octanol–water partition coefficient (Wildman–Crippen LogP) is 3.34. The molecule has 4 N–H and O–H groups in total. The number of nitrogens with two attached hydrogens (primary N) is 1. The molecular weight excluding hydrogens is 461 g/mol. The van der Waals surface area contributed by atoms with Crippen LogP contribution < -0.4 is 16.6 Å². The zero-order chi connectivity index (χ0) is 24.8. The van der Waals surface area contributed by atoms with Gasteiger partial charge in [0, 0.05) is 25.0 Å². The van der Waals surface area contributed by atoms with E-state index in [1.54, 1.807) is 6.07 Å². The van der Waals surface area contributed by atoms with Crippen LogP contribution in [0.4, 0.5) is 30.6 Å². The van der Waals surface area contributed by atoms with E-state index >= 15 is 0 Å². The third-order valence-corrected chi connectivity index (χ3v) is 5.79. The van der Waals surface area contributed by atoms with Crippen LogP contribution >= 0.6 is 0 Å². The third-order valence-electron chi connectivity index (χ3n) is 4.41. The molecule has 0 aliphatic heterocycles. The summed E-state index contributed by atoms with van der Waals surface area (Å²) in [6.45, 7) is 5.02. The van der Waals surface area contributed by atoms with Crippen molar-refractivity contribution in [3.05, 3.63) is 52.4 Å². The maximum atomic E-state index is 12.6. The Kier molecular flexibility index (Phi) is 8.39. The van der Waals surface area contributed by atoms with Crippen molar-refractivity contribution in [3.63, 3.8) is 0 Å². The van der Waals surface area contributed by atoms with E-state index in [2.05, 4.69) is 20.3 Å². The van der Waals surface area contributed by atoms with Gasteiger partial charge in [0.1, 0.15) is 11.2 Å². The number of sulfonamides is 1. The summed E-state index contributed by atoms with van der Waals surface area (Å²) in [5.41, 5.74) is 5.05. The molecule has 0 bridgehead atoms. The van der Waals surface area contributed by atoms with Crippen LogP contribution in [0.25, 0.3) is 10.9 Å². The fourth-order valence-electron chi connectivity index (χ4n) is 2.89. The number of pyridine rings is 1. The van der Waals surface area contributed by atoms with Gasteiger partial charge in [0.15, 0.2) is 0 Å². The molecule has 3 aromatic rings. The Morgan fingerprint density at radius 3 is 2.24 bits per heavy atom. The maximum absolute atomic E-state index is 12.6. The normalized spacial score (nSPS) is 11.8. The van der Waals surface area contributed by atoms with E-state index in [1.165, 1.54) is 28.9 Å². The Hall–Kier alpha value is -3.19. The molecule has 0 unspecified atom stereocenters. The second-order valence-electron chi connectivity index (χ2n) is 6.95. The highest BCUT2D eigenvalue weighted by Crippen LogP contribution is 2.30. The summed E-state index contributed by atoms with van der Waals surface area (Å²) < 4.78 is 60.9. The number of hydrogen-bond donors (Lipinski definition) is 3. The summed E-state index contributed by atoms with van der Waals surface area (Å²) in [5, 5.41) is 2.96. The van der Waals surface area contributed by atoms with Gasteiger partial charge in [0.2, 0.25) is 16.0 Å². The van der Waals surface area contributed by atoms with Crippen molar-refractivity contribution in [2.24, 2.45) is 0 Å². The van der Waals surface area contributed by atoms with Crippen molar-refractivity contribution in [1.82, 2.24) is 19.3 Å². The number of benzene rings is 1. The van der Waals surface area contributed by atoms with Crippen molar-refractivity contribution in [3.8, 4) is 0 Å². The summed E-state index contributed by atoms with van der Waals surface area (Å²) in [6.07, 6.45) is -0.881. The summed E-state index contributed by atoms with van der Waals surface area (Å²) in [6, 6.07) is 5.89. The average molecular weight is 487 g/mol. The lowest BCUT2D eigenvalue weighted by atomic mass is 10.2. The fourth-order valence-corrected chi connectivity index (χ4v) is 3.87. The van der Waals surface area contributed by atoms with E-state index in [0.717, 1.165) is 18.6 Å². The second-order valence-corrected chi connectivity index (χ2v) is 8.93. The molecule has 0 saturated carbocycles. The number of alkyl halides is 3. The van der Waals surface area contributed by atoms with Crippen molar-refractivity contribution < 1.29 is 21.6 Å². The van der Waals surface area contributed by atoms with Crippen molar-refractivity contribution in [2.75, 3.05) is 30.4 Å². The fraction of sp³-hybridized carbons (Fsp3) is 0.350. The van der Waals surface area contributed by atoms with Crippen LogP contribution in [0.3, 0.4) is 0 Å². The average Bonchev–Trinajstić information content (AvgIpc) is 2.71.